The molecule has 0 saturated heterocycles. The van der Waals surface area contributed by atoms with Crippen LogP contribution in [0.1, 0.15) is 11.1 Å². The molecule has 4 aromatic rings. The summed E-state index contributed by atoms with van der Waals surface area (Å²) in [5, 5.41) is 13.7. The van der Waals surface area contributed by atoms with Crippen molar-refractivity contribution in [2.24, 2.45) is 4.99 Å². The Labute approximate surface area is 165 Å². The first-order valence-electron chi connectivity index (χ1n) is 8.95. The Balaban J connectivity index is 1.52. The molecule has 2 N–H and O–H groups in total. The van der Waals surface area contributed by atoms with Crippen LogP contribution in [0.5, 0.6) is 0 Å². The van der Waals surface area contributed by atoms with Crippen molar-refractivity contribution in [2.75, 3.05) is 10.6 Å². The normalized spacial score (nSPS) is 15.8. The third-order valence-corrected chi connectivity index (χ3v) is 4.41. The van der Waals surface area contributed by atoms with E-state index in [0.29, 0.717) is 17.2 Å². The number of benzodiazepines with no additional fused rings is 1. The Morgan fingerprint density at radius 2 is 1.76 bits per heavy atom. The van der Waals surface area contributed by atoms with Gasteiger partial charge in [-0.1, -0.05) is 53.6 Å². The summed E-state index contributed by atoms with van der Waals surface area (Å²) in [6.45, 7) is 0. The van der Waals surface area contributed by atoms with E-state index in [9.17, 15) is 4.79 Å². The smallest absolute Gasteiger partial charge is 0.317 e. The van der Waals surface area contributed by atoms with Crippen molar-refractivity contribution < 1.29 is 13.6 Å². The fourth-order valence-corrected chi connectivity index (χ4v) is 3.08. The van der Waals surface area contributed by atoms with Crippen molar-refractivity contribution >= 4 is 23.3 Å². The van der Waals surface area contributed by atoms with E-state index in [-0.39, 0.29) is 17.8 Å². The Morgan fingerprint density at radius 1 is 0.931 bits per heavy atom. The van der Waals surface area contributed by atoms with Gasteiger partial charge in [0, 0.05) is 11.1 Å². The van der Waals surface area contributed by atoms with E-state index < -0.39 is 6.17 Å². The molecule has 29 heavy (non-hydrogen) atoms. The second-order valence-electron chi connectivity index (χ2n) is 6.32. The van der Waals surface area contributed by atoms with Gasteiger partial charge in [-0.15, -0.1) is 5.10 Å². The Bertz CT molecular complexity index is 1180. The van der Waals surface area contributed by atoms with Gasteiger partial charge in [0.2, 0.25) is 6.17 Å². The maximum absolute atomic E-state index is 12.8. The van der Waals surface area contributed by atoms with Crippen molar-refractivity contribution in [1.29, 1.82) is 0 Å². The van der Waals surface area contributed by atoms with Gasteiger partial charge in [0.15, 0.2) is 5.76 Å². The van der Waals surface area contributed by atoms with Gasteiger partial charge in [0.1, 0.15) is 0 Å². The van der Waals surface area contributed by atoms with Gasteiger partial charge in [-0.3, -0.25) is 4.79 Å². The van der Waals surface area contributed by atoms with Gasteiger partial charge in [0.05, 0.1) is 17.7 Å². The minimum absolute atomic E-state index is 0.0682. The van der Waals surface area contributed by atoms with Gasteiger partial charge < -0.3 is 19.5 Å². The fraction of sp³-hybridized carbons (Fsp3) is 0.0476. The van der Waals surface area contributed by atoms with E-state index in [1.54, 1.807) is 12.1 Å². The second kappa shape index (κ2) is 7.08. The lowest BCUT2D eigenvalue weighted by molar-refractivity contribution is -0.116. The first-order chi connectivity index (χ1) is 14.3. The van der Waals surface area contributed by atoms with Crippen LogP contribution in [0.4, 0.5) is 11.7 Å². The lowest BCUT2D eigenvalue weighted by Gasteiger charge is -2.11. The number of nitrogens with one attached hydrogen (secondary N) is 2. The molecular formula is C21H15N5O3. The summed E-state index contributed by atoms with van der Waals surface area (Å²) in [5.74, 6) is 0.319. The molecule has 8 heteroatoms. The van der Waals surface area contributed by atoms with Crippen LogP contribution in [0, 0.1) is 0 Å². The van der Waals surface area contributed by atoms with E-state index in [4.69, 9.17) is 8.83 Å². The zero-order valence-electron chi connectivity index (χ0n) is 15.1. The van der Waals surface area contributed by atoms with Gasteiger partial charge in [-0.05, 0) is 18.2 Å². The van der Waals surface area contributed by atoms with E-state index >= 15 is 0 Å². The van der Waals surface area contributed by atoms with Crippen molar-refractivity contribution in [1.82, 2.24) is 10.2 Å². The summed E-state index contributed by atoms with van der Waals surface area (Å²) in [6.07, 6.45) is 0.557. The summed E-state index contributed by atoms with van der Waals surface area (Å²) in [7, 11) is 0. The van der Waals surface area contributed by atoms with Crippen LogP contribution in [0.15, 0.2) is 86.8 Å². The standard InChI is InChI=1S/C21H15N5O3/c27-19-18(24-21-26-25-20(29-21)16-11-6-12-28-16)23-17(13-7-2-1-3-8-13)14-9-4-5-10-15(14)22-19/h1-12,18H,(H,22,27)(H,24,26)/t18-/m0/s1. The third-order valence-electron chi connectivity index (χ3n) is 4.41. The first kappa shape index (κ1) is 16.9. The SMILES string of the molecule is O=C1Nc2ccccc2C(c2ccccc2)=N[C@H]1Nc1nnc(-c2ccco2)o1. The molecule has 0 fully saturated rings. The van der Waals surface area contributed by atoms with Gasteiger partial charge >= 0.3 is 6.01 Å². The number of hydrogen-bond acceptors (Lipinski definition) is 7. The molecule has 3 heterocycles. The van der Waals surface area contributed by atoms with E-state index in [1.165, 1.54) is 6.26 Å². The molecule has 1 amide bonds. The van der Waals surface area contributed by atoms with Crippen LogP contribution in [0.3, 0.4) is 0 Å². The molecular weight excluding hydrogens is 370 g/mol. The maximum atomic E-state index is 12.8. The van der Waals surface area contributed by atoms with Gasteiger partial charge in [0.25, 0.3) is 11.8 Å². The first-order valence-corrected chi connectivity index (χ1v) is 8.95. The zero-order valence-corrected chi connectivity index (χ0v) is 15.1. The van der Waals surface area contributed by atoms with E-state index in [1.807, 2.05) is 54.6 Å². The molecule has 1 atom stereocenters. The number of amides is 1. The predicted octanol–water partition coefficient (Wildman–Crippen LogP) is 3.56. The van der Waals surface area contributed by atoms with Crippen LogP contribution < -0.4 is 10.6 Å². The number of carbonyl (C=O) groups excluding carboxylic acids is 1. The lowest BCUT2D eigenvalue weighted by Crippen LogP contribution is -2.32. The Morgan fingerprint density at radius 3 is 2.59 bits per heavy atom. The lowest BCUT2D eigenvalue weighted by atomic mass is 10.0. The number of rotatable bonds is 4. The quantitative estimate of drug-likeness (QED) is 0.556. The molecule has 0 unspecified atom stereocenters. The van der Waals surface area contributed by atoms with Crippen LogP contribution in [-0.2, 0) is 4.79 Å². The monoisotopic (exact) mass is 385 g/mol. The molecule has 2 aromatic carbocycles. The zero-order chi connectivity index (χ0) is 19.6. The molecule has 2 aromatic heterocycles. The molecule has 8 nitrogen and oxygen atoms in total. The van der Waals surface area contributed by atoms with Crippen LogP contribution in [0.25, 0.3) is 11.7 Å². The molecule has 0 saturated carbocycles. The highest BCUT2D eigenvalue weighted by atomic mass is 16.4. The number of furan rings is 1. The number of benzene rings is 2. The average molecular weight is 385 g/mol. The number of para-hydroxylation sites is 1. The van der Waals surface area contributed by atoms with Crippen LogP contribution >= 0.6 is 0 Å². The summed E-state index contributed by atoms with van der Waals surface area (Å²) in [6, 6.07) is 20.7. The molecule has 5 rings (SSSR count). The predicted molar refractivity (Wildman–Crippen MR) is 107 cm³/mol. The number of anilines is 2. The number of nitrogens with zero attached hydrogens (tertiary/aromatic N) is 3. The van der Waals surface area contributed by atoms with Crippen molar-refractivity contribution in [3.05, 3.63) is 84.1 Å². The third kappa shape index (κ3) is 3.27. The number of aliphatic imine (C=N–C) groups is 1. The van der Waals surface area contributed by atoms with Crippen LogP contribution in [0.2, 0.25) is 0 Å². The molecule has 1 aliphatic heterocycles. The largest absolute Gasteiger partial charge is 0.459 e. The van der Waals surface area contributed by atoms with E-state index in [2.05, 4.69) is 25.8 Å². The highest BCUT2D eigenvalue weighted by Gasteiger charge is 2.27. The van der Waals surface area contributed by atoms with Gasteiger partial charge in [-0.25, -0.2) is 4.99 Å². The molecule has 0 radical (unpaired) electrons. The molecule has 0 spiro atoms. The number of carbonyl (C=O) groups is 1. The molecule has 0 aliphatic carbocycles. The highest BCUT2D eigenvalue weighted by Crippen LogP contribution is 2.25. The maximum Gasteiger partial charge on any atom is 0.317 e. The average Bonchev–Trinajstić information content (AvgIpc) is 3.42. The minimum atomic E-state index is -0.956. The van der Waals surface area contributed by atoms with Crippen LogP contribution in [-0.4, -0.2) is 28.0 Å². The Hall–Kier alpha value is -4.20. The van der Waals surface area contributed by atoms with Crippen molar-refractivity contribution in [3.8, 4) is 11.7 Å². The van der Waals surface area contributed by atoms with Crippen molar-refractivity contribution in [3.63, 3.8) is 0 Å². The number of aromatic nitrogens is 2. The highest BCUT2D eigenvalue weighted by molar-refractivity contribution is 6.19. The summed E-state index contributed by atoms with van der Waals surface area (Å²) >= 11 is 0. The topological polar surface area (TPSA) is 106 Å². The van der Waals surface area contributed by atoms with Gasteiger partial charge in [-0.2, -0.15) is 0 Å². The van der Waals surface area contributed by atoms with E-state index in [0.717, 1.165) is 11.1 Å². The second-order valence-corrected chi connectivity index (χ2v) is 6.32. The molecule has 142 valence electrons. The summed E-state index contributed by atoms with van der Waals surface area (Å²) in [4.78, 5) is 17.5. The minimum Gasteiger partial charge on any atom is -0.459 e. The molecule has 0 bridgehead atoms. The van der Waals surface area contributed by atoms with Crippen molar-refractivity contribution in [2.45, 2.75) is 6.17 Å². The number of fused-ring (bicyclic) bond motifs is 1. The number of hydrogen-bond donors (Lipinski definition) is 2. The summed E-state index contributed by atoms with van der Waals surface area (Å²) in [5.41, 5.74) is 3.09. The molecule has 1 aliphatic rings. The Kier molecular flexibility index (Phi) is 4.14. The fourth-order valence-electron chi connectivity index (χ4n) is 3.08. The summed E-state index contributed by atoms with van der Waals surface area (Å²) < 4.78 is 10.8.